The highest BCUT2D eigenvalue weighted by Crippen LogP contribution is 2.20. The summed E-state index contributed by atoms with van der Waals surface area (Å²) in [6.07, 6.45) is 0. The van der Waals surface area contributed by atoms with Crippen molar-refractivity contribution in [3.63, 3.8) is 0 Å². The number of benzene rings is 2. The minimum absolute atomic E-state index is 0.153. The van der Waals surface area contributed by atoms with E-state index in [1.807, 2.05) is 31.2 Å². The van der Waals surface area contributed by atoms with Crippen molar-refractivity contribution in [2.24, 2.45) is 0 Å². The van der Waals surface area contributed by atoms with Gasteiger partial charge >= 0.3 is 6.03 Å². The Balaban J connectivity index is 1.48. The van der Waals surface area contributed by atoms with Gasteiger partial charge in [0.25, 0.3) is 0 Å². The predicted molar refractivity (Wildman–Crippen MR) is 100 cm³/mol. The number of halogens is 1. The van der Waals surface area contributed by atoms with E-state index in [1.165, 1.54) is 6.07 Å². The van der Waals surface area contributed by atoms with Gasteiger partial charge in [-0.25, -0.2) is 9.18 Å². The van der Waals surface area contributed by atoms with E-state index in [1.54, 1.807) is 23.1 Å². The molecule has 1 aliphatic rings. The Labute approximate surface area is 153 Å². The third-order valence-electron chi connectivity index (χ3n) is 4.47. The molecule has 3 rings (SSSR count). The average Bonchev–Trinajstić information content (AvgIpc) is 2.68. The first-order valence-corrected chi connectivity index (χ1v) is 8.91. The van der Waals surface area contributed by atoms with E-state index in [-0.39, 0.29) is 18.4 Å². The topological polar surface area (TPSA) is 44.8 Å². The van der Waals surface area contributed by atoms with Crippen molar-refractivity contribution in [1.82, 2.24) is 10.2 Å². The number of nitrogens with zero attached hydrogens (tertiary/aromatic N) is 2. The number of urea groups is 1. The van der Waals surface area contributed by atoms with Gasteiger partial charge in [0.05, 0.1) is 6.61 Å². The molecule has 0 aromatic heterocycles. The van der Waals surface area contributed by atoms with Crippen molar-refractivity contribution in [1.29, 1.82) is 0 Å². The lowest BCUT2D eigenvalue weighted by molar-refractivity contribution is 0.194. The van der Waals surface area contributed by atoms with Gasteiger partial charge in [-0.1, -0.05) is 18.2 Å². The second-order valence-corrected chi connectivity index (χ2v) is 6.15. The first-order chi connectivity index (χ1) is 12.7. The number of carbonyl (C=O) groups is 1. The molecule has 138 valence electrons. The molecule has 1 saturated heterocycles. The van der Waals surface area contributed by atoms with Gasteiger partial charge in [0.15, 0.2) is 0 Å². The second kappa shape index (κ2) is 8.56. The molecule has 26 heavy (non-hydrogen) atoms. The Bertz CT molecular complexity index is 728. The second-order valence-electron chi connectivity index (χ2n) is 6.15. The number of ether oxygens (including phenoxy) is 1. The van der Waals surface area contributed by atoms with Crippen LogP contribution in [-0.4, -0.2) is 43.7 Å². The van der Waals surface area contributed by atoms with Crippen molar-refractivity contribution in [2.75, 3.05) is 37.7 Å². The van der Waals surface area contributed by atoms with Crippen LogP contribution < -0.4 is 15.0 Å². The lowest BCUT2D eigenvalue weighted by Gasteiger charge is -2.36. The summed E-state index contributed by atoms with van der Waals surface area (Å²) < 4.78 is 19.1. The van der Waals surface area contributed by atoms with Crippen LogP contribution in [0.2, 0.25) is 0 Å². The lowest BCUT2D eigenvalue weighted by atomic mass is 10.2. The number of nitrogens with one attached hydrogen (secondary N) is 1. The van der Waals surface area contributed by atoms with Gasteiger partial charge in [-0.15, -0.1) is 0 Å². The molecule has 0 saturated carbocycles. The molecule has 0 radical (unpaired) electrons. The Morgan fingerprint density at radius 1 is 1.08 bits per heavy atom. The summed E-state index contributed by atoms with van der Waals surface area (Å²) in [7, 11) is 0. The zero-order chi connectivity index (χ0) is 18.4. The fraction of sp³-hybridized carbons (Fsp3) is 0.350. The summed E-state index contributed by atoms with van der Waals surface area (Å²) in [6.45, 7) is 5.61. The molecule has 1 fully saturated rings. The molecule has 5 nitrogen and oxygen atoms in total. The molecule has 2 amide bonds. The first-order valence-electron chi connectivity index (χ1n) is 8.91. The summed E-state index contributed by atoms with van der Waals surface area (Å²) in [6, 6.07) is 14.3. The highest BCUT2D eigenvalue weighted by Gasteiger charge is 2.21. The highest BCUT2D eigenvalue weighted by atomic mass is 19.1. The molecule has 6 heteroatoms. The molecule has 1 N–H and O–H groups in total. The lowest BCUT2D eigenvalue weighted by Crippen LogP contribution is -2.51. The quantitative estimate of drug-likeness (QED) is 0.893. The number of piperazine rings is 1. The molecule has 0 unspecified atom stereocenters. The van der Waals surface area contributed by atoms with Crippen LogP contribution in [0.5, 0.6) is 5.75 Å². The summed E-state index contributed by atoms with van der Waals surface area (Å²) >= 11 is 0. The van der Waals surface area contributed by atoms with E-state index in [9.17, 15) is 9.18 Å². The minimum atomic E-state index is -0.298. The molecule has 2 aromatic rings. The maximum atomic E-state index is 13.6. The first kappa shape index (κ1) is 18.0. The molecule has 0 bridgehead atoms. The van der Waals surface area contributed by atoms with Gasteiger partial charge in [0.2, 0.25) is 0 Å². The van der Waals surface area contributed by atoms with Crippen LogP contribution in [0.15, 0.2) is 48.5 Å². The van der Waals surface area contributed by atoms with Gasteiger partial charge < -0.3 is 19.9 Å². The van der Waals surface area contributed by atoms with Crippen LogP contribution in [0, 0.1) is 5.82 Å². The smallest absolute Gasteiger partial charge is 0.317 e. The third-order valence-corrected chi connectivity index (χ3v) is 4.47. The molecular weight excluding hydrogens is 333 g/mol. The van der Waals surface area contributed by atoms with E-state index < -0.39 is 0 Å². The van der Waals surface area contributed by atoms with Gasteiger partial charge in [-0.05, 0) is 37.3 Å². The summed E-state index contributed by atoms with van der Waals surface area (Å²) in [4.78, 5) is 16.3. The van der Waals surface area contributed by atoms with Crippen molar-refractivity contribution in [3.8, 4) is 5.75 Å². The molecule has 0 spiro atoms. The summed E-state index contributed by atoms with van der Waals surface area (Å²) in [5, 5.41) is 2.80. The zero-order valence-electron chi connectivity index (χ0n) is 15.0. The van der Waals surface area contributed by atoms with Crippen molar-refractivity contribution < 1.29 is 13.9 Å². The number of hydrogen-bond donors (Lipinski definition) is 1. The maximum absolute atomic E-state index is 13.6. The number of rotatable bonds is 5. The van der Waals surface area contributed by atoms with Gasteiger partial charge in [0.1, 0.15) is 11.6 Å². The molecule has 2 aromatic carbocycles. The standard InChI is InChI=1S/C20H24FN3O2/c1-2-26-18-9-7-17(8-10-18)23-11-13-24(14-12-23)20(25)22-15-16-5-3-4-6-19(16)21/h3-10H,2,11-15H2,1H3,(H,22,25). The molecule has 0 aliphatic carbocycles. The van der Waals surface area contributed by atoms with Crippen molar-refractivity contribution in [3.05, 3.63) is 59.9 Å². The zero-order valence-corrected chi connectivity index (χ0v) is 15.0. The Morgan fingerprint density at radius 2 is 1.77 bits per heavy atom. The van der Waals surface area contributed by atoms with Gasteiger partial charge in [0, 0.05) is 44.0 Å². The van der Waals surface area contributed by atoms with E-state index in [0.717, 1.165) is 24.5 Å². The van der Waals surface area contributed by atoms with Crippen molar-refractivity contribution >= 4 is 11.7 Å². The maximum Gasteiger partial charge on any atom is 0.317 e. The van der Waals surface area contributed by atoms with Crippen LogP contribution in [0.1, 0.15) is 12.5 Å². The number of amides is 2. The van der Waals surface area contributed by atoms with Gasteiger partial charge in [-0.2, -0.15) is 0 Å². The van der Waals surface area contributed by atoms with Crippen LogP contribution in [0.25, 0.3) is 0 Å². The monoisotopic (exact) mass is 357 g/mol. The normalized spacial score (nSPS) is 14.2. The van der Waals surface area contributed by atoms with Crippen LogP contribution >= 0.6 is 0 Å². The van der Waals surface area contributed by atoms with E-state index >= 15 is 0 Å². The largest absolute Gasteiger partial charge is 0.494 e. The third kappa shape index (κ3) is 4.45. The summed E-state index contributed by atoms with van der Waals surface area (Å²) in [5.74, 6) is 0.565. The molecule has 1 heterocycles. The Hall–Kier alpha value is -2.76. The minimum Gasteiger partial charge on any atom is -0.494 e. The number of hydrogen-bond acceptors (Lipinski definition) is 3. The number of anilines is 1. The predicted octanol–water partition coefficient (Wildman–Crippen LogP) is 3.26. The molecular formula is C20H24FN3O2. The summed E-state index contributed by atoms with van der Waals surface area (Å²) in [5.41, 5.74) is 1.62. The average molecular weight is 357 g/mol. The molecule has 1 aliphatic heterocycles. The van der Waals surface area contributed by atoms with E-state index in [2.05, 4.69) is 10.2 Å². The fourth-order valence-electron chi connectivity index (χ4n) is 3.01. The van der Waals surface area contributed by atoms with E-state index in [4.69, 9.17) is 4.74 Å². The Morgan fingerprint density at radius 3 is 2.42 bits per heavy atom. The van der Waals surface area contributed by atoms with E-state index in [0.29, 0.717) is 25.3 Å². The van der Waals surface area contributed by atoms with Crippen molar-refractivity contribution in [2.45, 2.75) is 13.5 Å². The fourth-order valence-corrected chi connectivity index (χ4v) is 3.01. The van der Waals surface area contributed by atoms with Crippen LogP contribution in [0.4, 0.5) is 14.9 Å². The SMILES string of the molecule is CCOc1ccc(N2CCN(C(=O)NCc3ccccc3F)CC2)cc1. The van der Waals surface area contributed by atoms with Gasteiger partial charge in [-0.3, -0.25) is 0 Å². The van der Waals surface area contributed by atoms with Crippen LogP contribution in [-0.2, 0) is 6.54 Å². The Kier molecular flexibility index (Phi) is 5.94. The number of carbonyl (C=O) groups excluding carboxylic acids is 1. The molecule has 0 atom stereocenters. The van der Waals surface area contributed by atoms with Crippen LogP contribution in [0.3, 0.4) is 0 Å². The highest BCUT2D eigenvalue weighted by molar-refractivity contribution is 5.74.